The molecular weight excluding hydrogens is 460 g/mol. The lowest BCUT2D eigenvalue weighted by molar-refractivity contribution is -0.129. The van der Waals surface area contributed by atoms with E-state index < -0.39 is 0 Å². The van der Waals surface area contributed by atoms with E-state index in [1.54, 1.807) is 13.1 Å². The molecule has 2 aliphatic heterocycles. The Kier molecular flexibility index (Phi) is 7.30. The van der Waals surface area contributed by atoms with Gasteiger partial charge in [-0.15, -0.1) is 0 Å². The molecule has 5 rings (SSSR count). The summed E-state index contributed by atoms with van der Waals surface area (Å²) in [5, 5.41) is 1.11. The second kappa shape index (κ2) is 10.9. The van der Waals surface area contributed by atoms with Crippen molar-refractivity contribution in [2.75, 3.05) is 19.6 Å². The molecule has 2 aromatic carbocycles. The van der Waals surface area contributed by atoms with E-state index in [4.69, 9.17) is 15.7 Å². The first-order valence-corrected chi connectivity index (χ1v) is 13.1. The van der Waals surface area contributed by atoms with Gasteiger partial charge in [-0.2, -0.15) is 0 Å². The van der Waals surface area contributed by atoms with E-state index in [-0.39, 0.29) is 17.9 Å². The van der Waals surface area contributed by atoms with Crippen molar-refractivity contribution in [3.05, 3.63) is 78.6 Å². The fourth-order valence-electron chi connectivity index (χ4n) is 5.28. The summed E-state index contributed by atoms with van der Waals surface area (Å²) in [6.07, 6.45) is 6.25. The van der Waals surface area contributed by atoms with Gasteiger partial charge in [0.15, 0.2) is 0 Å². The van der Waals surface area contributed by atoms with Gasteiger partial charge in [-0.25, -0.2) is 9.98 Å². The molecule has 7 heteroatoms. The number of nitrogens with two attached hydrogens (primary N) is 1. The fraction of sp³-hybridized carbons (Fsp3) is 0.333. The number of hydrogen-bond acceptors (Lipinski definition) is 5. The van der Waals surface area contributed by atoms with Crippen LogP contribution < -0.4 is 5.73 Å². The van der Waals surface area contributed by atoms with Gasteiger partial charge in [0, 0.05) is 62.2 Å². The van der Waals surface area contributed by atoms with Gasteiger partial charge in [0.05, 0.1) is 17.3 Å². The van der Waals surface area contributed by atoms with Crippen LogP contribution in [-0.4, -0.2) is 58.0 Å². The summed E-state index contributed by atoms with van der Waals surface area (Å²) in [4.78, 5) is 30.3. The van der Waals surface area contributed by atoms with E-state index in [9.17, 15) is 4.79 Å². The SMILES string of the molecule is CC/N=C(/C1CCN(C(C)=O)CC1)N1C=CN=C(N)C1Cc1ccc2ccc(-c3ccccc3)nc2c1. The molecule has 190 valence electrons. The van der Waals surface area contributed by atoms with Crippen LogP contribution in [0.5, 0.6) is 0 Å². The summed E-state index contributed by atoms with van der Waals surface area (Å²) in [7, 11) is 0. The highest BCUT2D eigenvalue weighted by Crippen LogP contribution is 2.26. The van der Waals surface area contributed by atoms with Crippen molar-refractivity contribution in [2.45, 2.75) is 39.2 Å². The highest BCUT2D eigenvalue weighted by molar-refractivity contribution is 5.95. The van der Waals surface area contributed by atoms with Gasteiger partial charge in [0.2, 0.25) is 5.91 Å². The first kappa shape index (κ1) is 24.7. The van der Waals surface area contributed by atoms with Crippen LogP contribution in [0.1, 0.15) is 32.3 Å². The van der Waals surface area contributed by atoms with E-state index in [0.29, 0.717) is 18.8 Å². The normalized spacial score (nSPS) is 18.8. The molecular formula is C30H34N6O. The van der Waals surface area contributed by atoms with Crippen LogP contribution in [0.3, 0.4) is 0 Å². The molecule has 1 unspecified atom stereocenters. The highest BCUT2D eigenvalue weighted by atomic mass is 16.2. The largest absolute Gasteiger partial charge is 0.385 e. The molecule has 0 bridgehead atoms. The van der Waals surface area contributed by atoms with Gasteiger partial charge >= 0.3 is 0 Å². The van der Waals surface area contributed by atoms with Crippen molar-refractivity contribution in [3.8, 4) is 11.3 Å². The van der Waals surface area contributed by atoms with Crippen molar-refractivity contribution >= 4 is 28.5 Å². The van der Waals surface area contributed by atoms with E-state index in [0.717, 1.165) is 59.5 Å². The quantitative estimate of drug-likeness (QED) is 0.414. The van der Waals surface area contributed by atoms with Crippen LogP contribution in [0, 0.1) is 5.92 Å². The minimum Gasteiger partial charge on any atom is -0.385 e. The van der Waals surface area contributed by atoms with Crippen molar-refractivity contribution in [1.29, 1.82) is 0 Å². The molecule has 1 atom stereocenters. The Morgan fingerprint density at radius 3 is 2.57 bits per heavy atom. The van der Waals surface area contributed by atoms with Crippen LogP contribution in [0.15, 0.2) is 83.0 Å². The second-order valence-corrected chi connectivity index (χ2v) is 9.68. The maximum absolute atomic E-state index is 11.8. The summed E-state index contributed by atoms with van der Waals surface area (Å²) in [6, 6.07) is 20.7. The maximum atomic E-state index is 11.8. The van der Waals surface area contributed by atoms with Gasteiger partial charge in [0.1, 0.15) is 11.7 Å². The first-order chi connectivity index (χ1) is 18.0. The lowest BCUT2D eigenvalue weighted by Gasteiger charge is -2.39. The molecule has 2 N–H and O–H groups in total. The number of aliphatic imine (C=N–C) groups is 2. The molecule has 37 heavy (non-hydrogen) atoms. The second-order valence-electron chi connectivity index (χ2n) is 9.68. The molecule has 1 saturated heterocycles. The molecule has 1 aromatic heterocycles. The third-order valence-electron chi connectivity index (χ3n) is 7.27. The van der Waals surface area contributed by atoms with E-state index in [1.807, 2.05) is 29.3 Å². The van der Waals surface area contributed by atoms with E-state index in [1.165, 1.54) is 0 Å². The summed E-state index contributed by atoms with van der Waals surface area (Å²) in [5.74, 6) is 2.04. The number of amides is 1. The van der Waals surface area contributed by atoms with Crippen molar-refractivity contribution in [1.82, 2.24) is 14.8 Å². The Labute approximate surface area is 218 Å². The molecule has 2 aliphatic rings. The van der Waals surface area contributed by atoms with Gasteiger partial charge in [0.25, 0.3) is 0 Å². The van der Waals surface area contributed by atoms with E-state index in [2.05, 4.69) is 59.3 Å². The van der Waals surface area contributed by atoms with Crippen LogP contribution >= 0.6 is 0 Å². The number of amidine groups is 2. The number of likely N-dealkylation sites (tertiary alicyclic amines) is 1. The molecule has 1 amide bonds. The van der Waals surface area contributed by atoms with Crippen molar-refractivity contribution in [3.63, 3.8) is 0 Å². The zero-order chi connectivity index (χ0) is 25.8. The minimum absolute atomic E-state index is 0.129. The summed E-state index contributed by atoms with van der Waals surface area (Å²) < 4.78 is 0. The first-order valence-electron chi connectivity index (χ1n) is 13.1. The lowest BCUT2D eigenvalue weighted by Crippen LogP contribution is -2.51. The molecule has 3 aromatic rings. The number of benzene rings is 2. The Bertz CT molecular complexity index is 1360. The monoisotopic (exact) mass is 494 g/mol. The van der Waals surface area contributed by atoms with Crippen LogP contribution in [0.2, 0.25) is 0 Å². The molecule has 1 fully saturated rings. The number of fused-ring (bicyclic) bond motifs is 1. The Morgan fingerprint density at radius 1 is 1.08 bits per heavy atom. The van der Waals surface area contributed by atoms with Crippen molar-refractivity contribution < 1.29 is 4.79 Å². The molecule has 0 saturated carbocycles. The van der Waals surface area contributed by atoms with Crippen LogP contribution in [-0.2, 0) is 11.2 Å². The number of nitrogens with zero attached hydrogens (tertiary/aromatic N) is 5. The third-order valence-corrected chi connectivity index (χ3v) is 7.27. The van der Waals surface area contributed by atoms with Gasteiger partial charge in [-0.1, -0.05) is 48.5 Å². The lowest BCUT2D eigenvalue weighted by atomic mass is 9.92. The summed E-state index contributed by atoms with van der Waals surface area (Å²) >= 11 is 0. The van der Waals surface area contributed by atoms with E-state index >= 15 is 0 Å². The zero-order valence-electron chi connectivity index (χ0n) is 21.5. The van der Waals surface area contributed by atoms with Gasteiger partial charge in [-0.3, -0.25) is 9.79 Å². The number of carbonyl (C=O) groups excluding carboxylic acids is 1. The minimum atomic E-state index is -0.129. The standard InChI is InChI=1S/C30H34N6O/c1-3-32-30(25-13-16-35(17-14-25)21(2)37)36-18-15-33-29(31)28(36)20-22-9-10-24-11-12-26(34-27(24)19-22)23-7-5-4-6-8-23/h4-12,15,18-19,25,28H,3,13-14,16-17,20H2,1-2H3,(H2,31,33)/b32-30-. The number of piperidine rings is 1. The van der Waals surface area contributed by atoms with Gasteiger partial charge < -0.3 is 15.5 Å². The predicted octanol–water partition coefficient (Wildman–Crippen LogP) is 4.63. The van der Waals surface area contributed by atoms with Crippen molar-refractivity contribution in [2.24, 2.45) is 21.6 Å². The number of aromatic nitrogens is 1. The average Bonchev–Trinajstić information content (AvgIpc) is 2.93. The Hall–Kier alpha value is -4.00. The molecule has 0 aliphatic carbocycles. The summed E-state index contributed by atoms with van der Waals surface area (Å²) in [5.41, 5.74) is 10.7. The highest BCUT2D eigenvalue weighted by Gasteiger charge is 2.32. The molecule has 3 heterocycles. The number of rotatable bonds is 5. The molecule has 0 radical (unpaired) electrons. The maximum Gasteiger partial charge on any atom is 0.219 e. The fourth-order valence-corrected chi connectivity index (χ4v) is 5.28. The third kappa shape index (κ3) is 5.40. The number of pyridine rings is 1. The average molecular weight is 495 g/mol. The topological polar surface area (TPSA) is 87.2 Å². The smallest absolute Gasteiger partial charge is 0.219 e. The number of hydrogen-bond donors (Lipinski definition) is 1. The number of carbonyl (C=O) groups is 1. The Morgan fingerprint density at radius 2 is 1.84 bits per heavy atom. The summed E-state index contributed by atoms with van der Waals surface area (Å²) in [6.45, 7) is 5.91. The van der Waals surface area contributed by atoms with Gasteiger partial charge in [-0.05, 0) is 37.5 Å². The molecule has 7 nitrogen and oxygen atoms in total. The predicted molar refractivity (Wildman–Crippen MR) is 150 cm³/mol. The zero-order valence-corrected chi connectivity index (χ0v) is 21.5. The molecule has 0 spiro atoms. The van der Waals surface area contributed by atoms with Crippen LogP contribution in [0.4, 0.5) is 0 Å². The Balaban J connectivity index is 1.41. The van der Waals surface area contributed by atoms with Crippen LogP contribution in [0.25, 0.3) is 22.2 Å².